The molecular weight excluding hydrogens is 416 g/mol. The first-order valence-electron chi connectivity index (χ1n) is 9.18. The second-order valence-electron chi connectivity index (χ2n) is 6.81. The van der Waals surface area contributed by atoms with Gasteiger partial charge in [0.05, 0.1) is 12.8 Å². The van der Waals surface area contributed by atoms with Gasteiger partial charge in [0.1, 0.15) is 11.6 Å². The maximum Gasteiger partial charge on any atom is 0.217 e. The van der Waals surface area contributed by atoms with Crippen molar-refractivity contribution in [2.45, 2.75) is 20.0 Å². The van der Waals surface area contributed by atoms with Crippen LogP contribution >= 0.6 is 24.8 Å². The van der Waals surface area contributed by atoms with Gasteiger partial charge in [-0.3, -0.25) is 9.69 Å². The zero-order valence-electron chi connectivity index (χ0n) is 16.7. The highest BCUT2D eigenvalue weighted by Crippen LogP contribution is 2.29. The summed E-state index contributed by atoms with van der Waals surface area (Å²) in [5, 5.41) is 2.81. The summed E-state index contributed by atoms with van der Waals surface area (Å²) in [5.74, 6) is 0.282. The molecule has 1 fully saturated rings. The molecule has 8 heteroatoms. The smallest absolute Gasteiger partial charge is 0.217 e. The predicted molar refractivity (Wildman–Crippen MR) is 119 cm³/mol. The second kappa shape index (κ2) is 11.9. The van der Waals surface area contributed by atoms with Crippen LogP contribution in [0.25, 0.3) is 0 Å². The van der Waals surface area contributed by atoms with Crippen molar-refractivity contribution < 1.29 is 13.9 Å². The lowest BCUT2D eigenvalue weighted by Gasteiger charge is -2.36. The first-order chi connectivity index (χ1) is 13.0. The number of benzene rings is 2. The van der Waals surface area contributed by atoms with Gasteiger partial charge in [-0.05, 0) is 23.3 Å². The molecule has 2 aromatic rings. The van der Waals surface area contributed by atoms with E-state index in [0.717, 1.165) is 44.0 Å². The maximum absolute atomic E-state index is 13.4. The number of carbonyl (C=O) groups is 1. The van der Waals surface area contributed by atoms with Crippen LogP contribution in [0, 0.1) is 5.82 Å². The summed E-state index contributed by atoms with van der Waals surface area (Å²) in [7, 11) is 1.57. The Morgan fingerprint density at radius 3 is 2.24 bits per heavy atom. The van der Waals surface area contributed by atoms with Crippen molar-refractivity contribution in [2.75, 3.05) is 38.2 Å². The van der Waals surface area contributed by atoms with Crippen LogP contribution in [0.3, 0.4) is 0 Å². The largest absolute Gasteiger partial charge is 0.494 e. The van der Waals surface area contributed by atoms with Crippen molar-refractivity contribution >= 4 is 36.4 Å². The predicted octanol–water partition coefficient (Wildman–Crippen LogP) is 3.64. The minimum Gasteiger partial charge on any atom is -0.494 e. The molecule has 0 bridgehead atoms. The Kier molecular flexibility index (Phi) is 10.2. The fourth-order valence-electron chi connectivity index (χ4n) is 3.31. The number of rotatable bonds is 6. The Balaban J connectivity index is 0.00000210. The van der Waals surface area contributed by atoms with E-state index in [0.29, 0.717) is 12.3 Å². The molecular formula is C21H28Cl2FN3O2. The Morgan fingerprint density at radius 1 is 1.03 bits per heavy atom. The first kappa shape index (κ1) is 25.0. The summed E-state index contributed by atoms with van der Waals surface area (Å²) in [5.41, 5.74) is 3.30. The molecule has 1 N–H and O–H groups in total. The molecule has 0 radical (unpaired) electrons. The number of nitrogens with zero attached hydrogens (tertiary/aromatic N) is 2. The minimum atomic E-state index is -0.281. The van der Waals surface area contributed by atoms with E-state index in [9.17, 15) is 9.18 Å². The van der Waals surface area contributed by atoms with Gasteiger partial charge < -0.3 is 15.0 Å². The van der Waals surface area contributed by atoms with Crippen LogP contribution in [-0.2, 0) is 17.9 Å². The van der Waals surface area contributed by atoms with Crippen LogP contribution in [-0.4, -0.2) is 44.1 Å². The van der Waals surface area contributed by atoms with Gasteiger partial charge in [-0.1, -0.05) is 24.3 Å². The molecule has 0 unspecified atom stereocenters. The van der Waals surface area contributed by atoms with Gasteiger partial charge in [0.25, 0.3) is 0 Å². The lowest BCUT2D eigenvalue weighted by molar-refractivity contribution is -0.119. The highest BCUT2D eigenvalue weighted by Gasteiger charge is 2.20. The van der Waals surface area contributed by atoms with Gasteiger partial charge in [0.2, 0.25) is 5.91 Å². The molecule has 1 aliphatic heterocycles. The average Bonchev–Trinajstić information content (AvgIpc) is 2.68. The van der Waals surface area contributed by atoms with Gasteiger partial charge in [0, 0.05) is 52.3 Å². The number of anilines is 1. The van der Waals surface area contributed by atoms with Crippen molar-refractivity contribution in [3.05, 3.63) is 59.4 Å². The monoisotopic (exact) mass is 443 g/mol. The molecule has 5 nitrogen and oxygen atoms in total. The number of methoxy groups -OCH3 is 1. The Labute approximate surface area is 184 Å². The Bertz CT molecular complexity index is 782. The average molecular weight is 444 g/mol. The van der Waals surface area contributed by atoms with Crippen molar-refractivity contribution in [3.63, 3.8) is 0 Å². The van der Waals surface area contributed by atoms with Crippen LogP contribution in [0.2, 0.25) is 0 Å². The van der Waals surface area contributed by atoms with Crippen LogP contribution in [0.15, 0.2) is 42.5 Å². The third-order valence-corrected chi connectivity index (χ3v) is 4.83. The summed E-state index contributed by atoms with van der Waals surface area (Å²) in [4.78, 5) is 15.6. The van der Waals surface area contributed by atoms with Crippen LogP contribution < -0.4 is 15.0 Å². The van der Waals surface area contributed by atoms with E-state index < -0.39 is 0 Å². The molecule has 3 rings (SSSR count). The molecule has 1 amide bonds. The molecule has 160 valence electrons. The third-order valence-electron chi connectivity index (χ3n) is 4.83. The summed E-state index contributed by atoms with van der Waals surface area (Å²) < 4.78 is 18.7. The second-order valence-corrected chi connectivity index (χ2v) is 6.81. The first-order valence-corrected chi connectivity index (χ1v) is 9.18. The van der Waals surface area contributed by atoms with Crippen LogP contribution in [0.5, 0.6) is 5.75 Å². The van der Waals surface area contributed by atoms with Gasteiger partial charge in [0.15, 0.2) is 0 Å². The SMILES string of the molecule is COc1cc(F)ccc1N1CCN(Cc2ccc(CNC(C)=O)cc2)CC1.Cl.Cl. The summed E-state index contributed by atoms with van der Waals surface area (Å²) >= 11 is 0. The molecule has 0 atom stereocenters. The summed E-state index contributed by atoms with van der Waals surface area (Å²) in [6.45, 7) is 6.62. The van der Waals surface area contributed by atoms with Gasteiger partial charge in [-0.25, -0.2) is 4.39 Å². The molecule has 0 aliphatic carbocycles. The zero-order valence-corrected chi connectivity index (χ0v) is 18.3. The highest BCUT2D eigenvalue weighted by atomic mass is 35.5. The van der Waals surface area contributed by atoms with Crippen molar-refractivity contribution in [3.8, 4) is 5.75 Å². The highest BCUT2D eigenvalue weighted by molar-refractivity contribution is 5.85. The van der Waals surface area contributed by atoms with Gasteiger partial charge in [-0.2, -0.15) is 0 Å². The minimum absolute atomic E-state index is 0. The summed E-state index contributed by atoms with van der Waals surface area (Å²) in [6, 6.07) is 13.1. The number of nitrogens with one attached hydrogen (secondary N) is 1. The zero-order chi connectivity index (χ0) is 19.2. The van der Waals surface area contributed by atoms with E-state index in [4.69, 9.17) is 4.74 Å². The molecule has 1 aliphatic rings. The number of hydrogen-bond donors (Lipinski definition) is 1. The van der Waals surface area contributed by atoms with E-state index >= 15 is 0 Å². The standard InChI is InChI=1S/C21H26FN3O2.2ClH/c1-16(26)23-14-17-3-5-18(6-4-17)15-24-9-11-25(12-10-24)20-8-7-19(22)13-21(20)27-2;;/h3-8,13H,9-12,14-15H2,1-2H3,(H,23,26);2*1H. The van der Waals surface area contributed by atoms with Crippen molar-refractivity contribution in [1.29, 1.82) is 0 Å². The van der Waals surface area contributed by atoms with E-state index in [1.165, 1.54) is 24.6 Å². The Hall–Kier alpha value is -2.02. The van der Waals surface area contributed by atoms with E-state index in [-0.39, 0.29) is 36.5 Å². The molecule has 2 aromatic carbocycles. The van der Waals surface area contributed by atoms with E-state index in [1.807, 2.05) is 0 Å². The fraction of sp³-hybridized carbons (Fsp3) is 0.381. The number of amides is 1. The number of halogens is 3. The third kappa shape index (κ3) is 7.07. The molecule has 0 aromatic heterocycles. The lowest BCUT2D eigenvalue weighted by Crippen LogP contribution is -2.46. The number of piperazine rings is 1. The molecule has 0 spiro atoms. The lowest BCUT2D eigenvalue weighted by atomic mass is 10.1. The van der Waals surface area contributed by atoms with Gasteiger partial charge >= 0.3 is 0 Å². The molecule has 29 heavy (non-hydrogen) atoms. The molecule has 0 saturated carbocycles. The van der Waals surface area contributed by atoms with Crippen LogP contribution in [0.4, 0.5) is 10.1 Å². The number of hydrogen-bond acceptors (Lipinski definition) is 4. The van der Waals surface area contributed by atoms with Gasteiger partial charge in [-0.15, -0.1) is 24.8 Å². The van der Waals surface area contributed by atoms with Crippen LogP contribution in [0.1, 0.15) is 18.1 Å². The van der Waals surface area contributed by atoms with Crippen molar-refractivity contribution in [2.24, 2.45) is 0 Å². The normalized spacial score (nSPS) is 13.8. The van der Waals surface area contributed by atoms with E-state index in [2.05, 4.69) is 39.4 Å². The van der Waals surface area contributed by atoms with E-state index in [1.54, 1.807) is 13.2 Å². The topological polar surface area (TPSA) is 44.8 Å². The fourth-order valence-corrected chi connectivity index (χ4v) is 3.31. The number of carbonyl (C=O) groups excluding carboxylic acids is 1. The van der Waals surface area contributed by atoms with Crippen molar-refractivity contribution in [1.82, 2.24) is 10.2 Å². The summed E-state index contributed by atoms with van der Waals surface area (Å²) in [6.07, 6.45) is 0. The number of ether oxygens (including phenoxy) is 1. The maximum atomic E-state index is 13.4. The quantitative estimate of drug-likeness (QED) is 0.739. The molecule has 1 saturated heterocycles. The Morgan fingerprint density at radius 2 is 1.66 bits per heavy atom. The molecule has 1 heterocycles.